The smallest absolute Gasteiger partial charge is 0.327 e. The standard InChI is InChI=1S/C8H10N4O2S/c9-8(14)10-12-15-11-7(13)6-4-2-1-3-5-6/h1-5,12H,(H,11,13)(H3,9,10,14). The van der Waals surface area contributed by atoms with Crippen LogP contribution in [0, 0.1) is 0 Å². The summed E-state index contributed by atoms with van der Waals surface area (Å²) in [6.45, 7) is 0. The molecule has 0 fully saturated rings. The number of rotatable bonds is 4. The highest BCUT2D eigenvalue weighted by atomic mass is 32.2. The fraction of sp³-hybridized carbons (Fsp3) is 0. The maximum Gasteiger partial charge on any atom is 0.327 e. The maximum atomic E-state index is 11.4. The molecule has 5 N–H and O–H groups in total. The molecule has 0 aromatic heterocycles. The number of carbonyl (C=O) groups is 2. The topological polar surface area (TPSA) is 96.2 Å². The summed E-state index contributed by atoms with van der Waals surface area (Å²) in [5.41, 5.74) is 7.40. The van der Waals surface area contributed by atoms with Crippen molar-refractivity contribution in [3.8, 4) is 0 Å². The molecule has 0 aliphatic rings. The van der Waals surface area contributed by atoms with Gasteiger partial charge in [-0.15, -0.1) is 0 Å². The van der Waals surface area contributed by atoms with Crippen molar-refractivity contribution in [2.45, 2.75) is 0 Å². The van der Waals surface area contributed by atoms with Gasteiger partial charge in [0.25, 0.3) is 5.91 Å². The normalized spacial score (nSPS) is 9.33. The lowest BCUT2D eigenvalue weighted by molar-refractivity contribution is 0.0984. The molecule has 3 amide bonds. The number of nitrogens with one attached hydrogen (secondary N) is 3. The van der Waals surface area contributed by atoms with Crippen LogP contribution in [-0.2, 0) is 0 Å². The highest BCUT2D eigenvalue weighted by molar-refractivity contribution is 7.96. The molecule has 0 atom stereocenters. The van der Waals surface area contributed by atoms with E-state index >= 15 is 0 Å². The molecule has 15 heavy (non-hydrogen) atoms. The maximum absolute atomic E-state index is 11.4. The molecule has 7 heteroatoms. The zero-order valence-electron chi connectivity index (χ0n) is 7.69. The second-order valence-corrected chi connectivity index (χ2v) is 3.10. The van der Waals surface area contributed by atoms with Gasteiger partial charge in [-0.05, 0) is 12.1 Å². The lowest BCUT2D eigenvalue weighted by Gasteiger charge is -2.04. The van der Waals surface area contributed by atoms with Gasteiger partial charge in [0.1, 0.15) is 0 Å². The Morgan fingerprint density at radius 3 is 2.47 bits per heavy atom. The van der Waals surface area contributed by atoms with Gasteiger partial charge in [-0.1, -0.05) is 18.2 Å². The van der Waals surface area contributed by atoms with Crippen LogP contribution >= 0.6 is 12.1 Å². The van der Waals surface area contributed by atoms with Gasteiger partial charge < -0.3 is 5.73 Å². The zero-order chi connectivity index (χ0) is 11.1. The molecule has 0 saturated heterocycles. The van der Waals surface area contributed by atoms with Gasteiger partial charge in [-0.2, -0.15) is 4.83 Å². The third-order valence-electron chi connectivity index (χ3n) is 1.40. The quantitative estimate of drug-likeness (QED) is 0.334. The number of carbonyl (C=O) groups excluding carboxylic acids is 2. The number of hydrogen-bond donors (Lipinski definition) is 4. The molecule has 80 valence electrons. The van der Waals surface area contributed by atoms with Crippen molar-refractivity contribution in [3.05, 3.63) is 35.9 Å². The van der Waals surface area contributed by atoms with E-state index in [1.807, 2.05) is 6.07 Å². The predicted molar refractivity (Wildman–Crippen MR) is 57.4 cm³/mol. The van der Waals surface area contributed by atoms with Gasteiger partial charge in [-0.3, -0.25) is 14.9 Å². The minimum absolute atomic E-state index is 0.264. The zero-order valence-corrected chi connectivity index (χ0v) is 8.51. The Bertz CT molecular complexity index is 344. The van der Waals surface area contributed by atoms with Gasteiger partial charge in [0.05, 0.1) is 12.1 Å². The highest BCUT2D eigenvalue weighted by Gasteiger charge is 2.03. The molecule has 0 bridgehead atoms. The number of hydrazine groups is 1. The number of benzene rings is 1. The van der Waals surface area contributed by atoms with E-state index in [2.05, 4.69) is 15.0 Å². The molecule has 0 unspecified atom stereocenters. The van der Waals surface area contributed by atoms with E-state index in [4.69, 9.17) is 5.73 Å². The van der Waals surface area contributed by atoms with Crippen LogP contribution in [0.15, 0.2) is 30.3 Å². The summed E-state index contributed by atoms with van der Waals surface area (Å²) >= 11 is 0.823. The highest BCUT2D eigenvalue weighted by Crippen LogP contribution is 1.99. The van der Waals surface area contributed by atoms with E-state index in [-0.39, 0.29) is 5.91 Å². The Balaban J connectivity index is 2.28. The SMILES string of the molecule is NC(=O)NNSNC(=O)c1ccccc1. The van der Waals surface area contributed by atoms with Crippen molar-refractivity contribution in [1.29, 1.82) is 0 Å². The molecule has 1 aromatic rings. The average molecular weight is 226 g/mol. The van der Waals surface area contributed by atoms with Crippen LogP contribution in [0.3, 0.4) is 0 Å². The number of nitrogens with two attached hydrogens (primary N) is 1. The molecule has 0 saturated carbocycles. The summed E-state index contributed by atoms with van der Waals surface area (Å²) < 4.78 is 2.45. The molecule has 1 aromatic carbocycles. The Labute approximate surface area is 90.8 Å². The summed E-state index contributed by atoms with van der Waals surface area (Å²) in [7, 11) is 0. The van der Waals surface area contributed by atoms with Crippen LogP contribution in [0.1, 0.15) is 10.4 Å². The van der Waals surface area contributed by atoms with Gasteiger partial charge in [-0.25, -0.2) is 4.79 Å². The van der Waals surface area contributed by atoms with Crippen LogP contribution in [0.5, 0.6) is 0 Å². The number of hydrogen-bond acceptors (Lipinski definition) is 4. The van der Waals surface area contributed by atoms with Crippen molar-refractivity contribution in [2.75, 3.05) is 0 Å². The lowest BCUT2D eigenvalue weighted by Crippen LogP contribution is -2.39. The van der Waals surface area contributed by atoms with E-state index in [1.165, 1.54) is 0 Å². The van der Waals surface area contributed by atoms with Gasteiger partial charge in [0, 0.05) is 5.56 Å². The second-order valence-electron chi connectivity index (χ2n) is 2.49. The van der Waals surface area contributed by atoms with Crippen molar-refractivity contribution >= 4 is 24.1 Å². The molecule has 0 heterocycles. The Kier molecular flexibility index (Phi) is 4.45. The van der Waals surface area contributed by atoms with E-state index in [0.29, 0.717) is 5.56 Å². The number of urea groups is 1. The lowest BCUT2D eigenvalue weighted by atomic mass is 10.2. The van der Waals surface area contributed by atoms with Crippen molar-refractivity contribution in [1.82, 2.24) is 15.0 Å². The van der Waals surface area contributed by atoms with Crippen molar-refractivity contribution < 1.29 is 9.59 Å². The van der Waals surface area contributed by atoms with E-state index in [1.54, 1.807) is 24.3 Å². The van der Waals surface area contributed by atoms with E-state index in [0.717, 1.165) is 12.1 Å². The van der Waals surface area contributed by atoms with Gasteiger partial charge >= 0.3 is 6.03 Å². The number of primary amides is 1. The molecule has 6 nitrogen and oxygen atoms in total. The first-order valence-electron chi connectivity index (χ1n) is 4.02. The van der Waals surface area contributed by atoms with E-state index < -0.39 is 6.03 Å². The molecule has 0 aliphatic carbocycles. The van der Waals surface area contributed by atoms with E-state index in [9.17, 15) is 9.59 Å². The first-order chi connectivity index (χ1) is 7.20. The minimum Gasteiger partial charge on any atom is -0.351 e. The third kappa shape index (κ3) is 4.34. The Hall–Kier alpha value is -1.73. The van der Waals surface area contributed by atoms with Gasteiger partial charge in [0.15, 0.2) is 0 Å². The monoisotopic (exact) mass is 226 g/mol. The molecule has 0 spiro atoms. The van der Waals surface area contributed by atoms with Crippen molar-refractivity contribution in [3.63, 3.8) is 0 Å². The van der Waals surface area contributed by atoms with Crippen LogP contribution in [-0.4, -0.2) is 11.9 Å². The summed E-state index contributed by atoms with van der Waals surface area (Å²) in [5.74, 6) is -0.264. The average Bonchev–Trinajstić information content (AvgIpc) is 2.25. The summed E-state index contributed by atoms with van der Waals surface area (Å²) in [6, 6.07) is 7.96. The Morgan fingerprint density at radius 1 is 1.20 bits per heavy atom. The summed E-state index contributed by atoms with van der Waals surface area (Å²) in [5, 5.41) is 0. The van der Waals surface area contributed by atoms with Crippen LogP contribution in [0.4, 0.5) is 4.79 Å². The molecule has 0 radical (unpaired) electrons. The Morgan fingerprint density at radius 2 is 1.87 bits per heavy atom. The first-order valence-corrected chi connectivity index (χ1v) is 4.83. The molecular weight excluding hydrogens is 216 g/mol. The number of amides is 3. The van der Waals surface area contributed by atoms with Crippen LogP contribution < -0.4 is 20.7 Å². The molecule has 0 aliphatic heterocycles. The fourth-order valence-electron chi connectivity index (χ4n) is 0.796. The van der Waals surface area contributed by atoms with Crippen molar-refractivity contribution in [2.24, 2.45) is 5.73 Å². The third-order valence-corrected chi connectivity index (χ3v) is 1.90. The predicted octanol–water partition coefficient (Wildman–Crippen LogP) is 0.152. The first kappa shape index (κ1) is 11.3. The van der Waals surface area contributed by atoms with Gasteiger partial charge in [0.2, 0.25) is 0 Å². The minimum atomic E-state index is -0.725. The summed E-state index contributed by atoms with van der Waals surface area (Å²) in [4.78, 5) is 24.0. The van der Waals surface area contributed by atoms with Crippen LogP contribution in [0.25, 0.3) is 0 Å². The molecular formula is C8H10N4O2S. The summed E-state index contributed by atoms with van der Waals surface area (Å²) in [6.07, 6.45) is 0. The fourth-order valence-corrected chi connectivity index (χ4v) is 1.21. The van der Waals surface area contributed by atoms with Crippen LogP contribution in [0.2, 0.25) is 0 Å². The second kappa shape index (κ2) is 5.89. The largest absolute Gasteiger partial charge is 0.351 e. The molecule has 1 rings (SSSR count).